The number of rotatable bonds is 3. The molecule has 1 aromatic heterocycles. The van der Waals surface area contributed by atoms with Crippen LogP contribution in [-0.4, -0.2) is 13.4 Å². The van der Waals surface area contributed by atoms with Crippen molar-refractivity contribution in [3.05, 3.63) is 53.7 Å². The van der Waals surface area contributed by atoms with Crippen molar-refractivity contribution in [1.29, 1.82) is 0 Å². The van der Waals surface area contributed by atoms with E-state index in [1.54, 1.807) is 42.5 Å². The zero-order chi connectivity index (χ0) is 15.0. The lowest BCUT2D eigenvalue weighted by molar-refractivity contribution is 0.602. The molecular formula is C14H12ClN3O2S. The van der Waals surface area contributed by atoms with Crippen molar-refractivity contribution in [3.63, 3.8) is 0 Å². The number of nitrogens with one attached hydrogen (secondary N) is 2. The fraction of sp³-hybridized carbons (Fsp3) is 0. The van der Waals surface area contributed by atoms with E-state index in [9.17, 15) is 8.42 Å². The topological polar surface area (TPSA) is 88.0 Å². The zero-order valence-corrected chi connectivity index (χ0v) is 12.4. The molecule has 108 valence electrons. The van der Waals surface area contributed by atoms with Crippen LogP contribution >= 0.6 is 11.6 Å². The number of sulfonamides is 1. The Balaban J connectivity index is 2.07. The number of H-pyrrole nitrogens is 1. The number of nitrogens with two attached hydrogens (primary N) is 1. The molecule has 0 fully saturated rings. The minimum absolute atomic E-state index is 0.150. The van der Waals surface area contributed by atoms with Crippen LogP contribution in [0.15, 0.2) is 53.6 Å². The molecule has 4 N–H and O–H groups in total. The summed E-state index contributed by atoms with van der Waals surface area (Å²) in [6, 6.07) is 11.7. The Morgan fingerprint density at radius 2 is 1.90 bits per heavy atom. The van der Waals surface area contributed by atoms with Crippen molar-refractivity contribution >= 4 is 43.9 Å². The summed E-state index contributed by atoms with van der Waals surface area (Å²) in [5, 5.41) is 0.911. The maximum atomic E-state index is 12.5. The van der Waals surface area contributed by atoms with Crippen LogP contribution in [0.5, 0.6) is 0 Å². The van der Waals surface area contributed by atoms with Crippen molar-refractivity contribution in [2.45, 2.75) is 4.90 Å². The monoisotopic (exact) mass is 321 g/mol. The van der Waals surface area contributed by atoms with Crippen LogP contribution in [0.3, 0.4) is 0 Å². The highest BCUT2D eigenvalue weighted by Crippen LogP contribution is 2.28. The van der Waals surface area contributed by atoms with Gasteiger partial charge in [-0.25, -0.2) is 8.42 Å². The molecule has 7 heteroatoms. The summed E-state index contributed by atoms with van der Waals surface area (Å²) in [6.07, 6.45) is 1.43. The largest absolute Gasteiger partial charge is 0.399 e. The number of nitrogen functional groups attached to an aromatic ring is 1. The predicted molar refractivity (Wildman–Crippen MR) is 85.0 cm³/mol. The van der Waals surface area contributed by atoms with Crippen LogP contribution in [0, 0.1) is 0 Å². The molecule has 0 radical (unpaired) electrons. The summed E-state index contributed by atoms with van der Waals surface area (Å²) < 4.78 is 27.5. The maximum absolute atomic E-state index is 12.5. The second-order valence-corrected chi connectivity index (χ2v) is 6.60. The summed E-state index contributed by atoms with van der Waals surface area (Å²) in [7, 11) is -3.74. The van der Waals surface area contributed by atoms with Gasteiger partial charge in [0.2, 0.25) is 0 Å². The van der Waals surface area contributed by atoms with E-state index in [1.165, 1.54) is 6.20 Å². The molecule has 3 rings (SSSR count). The van der Waals surface area contributed by atoms with E-state index in [0.29, 0.717) is 27.3 Å². The first kappa shape index (κ1) is 13.8. The molecule has 3 aromatic rings. The number of benzene rings is 2. The van der Waals surface area contributed by atoms with Gasteiger partial charge in [0.15, 0.2) is 0 Å². The first-order valence-electron chi connectivity index (χ1n) is 6.11. The normalized spacial score (nSPS) is 11.7. The number of hydrogen-bond acceptors (Lipinski definition) is 3. The number of para-hydroxylation sites is 1. The third kappa shape index (κ3) is 2.55. The Labute approximate surface area is 126 Å². The molecule has 0 unspecified atom stereocenters. The summed E-state index contributed by atoms with van der Waals surface area (Å²) in [6.45, 7) is 0. The maximum Gasteiger partial charge on any atom is 0.264 e. The molecule has 0 aliphatic heterocycles. The van der Waals surface area contributed by atoms with Crippen LogP contribution in [-0.2, 0) is 10.0 Å². The average molecular weight is 322 g/mol. The van der Waals surface area contributed by atoms with Gasteiger partial charge in [-0.3, -0.25) is 4.72 Å². The van der Waals surface area contributed by atoms with Crippen molar-refractivity contribution in [2.24, 2.45) is 0 Å². The molecule has 0 saturated heterocycles. The van der Waals surface area contributed by atoms with Crippen LogP contribution in [0.2, 0.25) is 5.02 Å². The molecule has 0 bridgehead atoms. The molecule has 21 heavy (non-hydrogen) atoms. The molecule has 0 saturated carbocycles. The quantitative estimate of drug-likeness (QED) is 0.647. The Kier molecular flexibility index (Phi) is 3.27. The summed E-state index contributed by atoms with van der Waals surface area (Å²) >= 11 is 5.98. The van der Waals surface area contributed by atoms with Gasteiger partial charge in [0.1, 0.15) is 4.90 Å². The SMILES string of the molecule is Nc1ccc2c(S(=O)(=O)Nc3ccccc3Cl)c[nH]c2c1. The van der Waals surface area contributed by atoms with Gasteiger partial charge < -0.3 is 10.7 Å². The fourth-order valence-corrected chi connectivity index (χ4v) is 3.58. The molecule has 0 spiro atoms. The molecule has 0 atom stereocenters. The van der Waals surface area contributed by atoms with Crippen LogP contribution in [0.25, 0.3) is 10.9 Å². The second kappa shape index (κ2) is 4.98. The third-order valence-electron chi connectivity index (χ3n) is 3.08. The Bertz CT molecular complexity index is 919. The van der Waals surface area contributed by atoms with Gasteiger partial charge in [-0.2, -0.15) is 0 Å². The lowest BCUT2D eigenvalue weighted by atomic mass is 10.2. The van der Waals surface area contributed by atoms with Crippen molar-refractivity contribution in [2.75, 3.05) is 10.5 Å². The highest BCUT2D eigenvalue weighted by Gasteiger charge is 2.20. The highest BCUT2D eigenvalue weighted by atomic mass is 35.5. The van der Waals surface area contributed by atoms with Crippen molar-refractivity contribution < 1.29 is 8.42 Å². The van der Waals surface area contributed by atoms with Gasteiger partial charge in [0.05, 0.1) is 10.7 Å². The van der Waals surface area contributed by atoms with Crippen molar-refractivity contribution in [1.82, 2.24) is 4.98 Å². The number of hydrogen-bond donors (Lipinski definition) is 3. The Morgan fingerprint density at radius 3 is 2.67 bits per heavy atom. The molecule has 0 aliphatic carbocycles. The second-order valence-electron chi connectivity index (χ2n) is 4.54. The lowest BCUT2D eigenvalue weighted by Gasteiger charge is -2.08. The summed E-state index contributed by atoms with van der Waals surface area (Å²) in [5.74, 6) is 0. The van der Waals surface area contributed by atoms with E-state index in [4.69, 9.17) is 17.3 Å². The first-order valence-corrected chi connectivity index (χ1v) is 7.97. The number of halogens is 1. The predicted octanol–water partition coefficient (Wildman–Crippen LogP) is 3.20. The minimum Gasteiger partial charge on any atom is -0.399 e. The number of aromatic nitrogens is 1. The van der Waals surface area contributed by atoms with Crippen molar-refractivity contribution in [3.8, 4) is 0 Å². The Hall–Kier alpha value is -2.18. The van der Waals surface area contributed by atoms with Gasteiger partial charge in [0, 0.05) is 22.8 Å². The van der Waals surface area contributed by atoms with E-state index in [-0.39, 0.29) is 4.90 Å². The molecule has 5 nitrogen and oxygen atoms in total. The first-order chi connectivity index (χ1) is 9.97. The lowest BCUT2D eigenvalue weighted by Crippen LogP contribution is -2.12. The van der Waals surface area contributed by atoms with E-state index < -0.39 is 10.0 Å². The molecule has 2 aromatic carbocycles. The van der Waals surface area contributed by atoms with Gasteiger partial charge >= 0.3 is 0 Å². The van der Waals surface area contributed by atoms with E-state index in [2.05, 4.69) is 9.71 Å². The minimum atomic E-state index is -3.74. The molecule has 0 amide bonds. The standard InChI is InChI=1S/C14H12ClN3O2S/c15-11-3-1-2-4-12(11)18-21(19,20)14-8-17-13-7-9(16)5-6-10(13)14/h1-8,17-18H,16H2. The van der Waals surface area contributed by atoms with E-state index in [0.717, 1.165) is 0 Å². The zero-order valence-electron chi connectivity index (χ0n) is 10.8. The van der Waals surface area contributed by atoms with Crippen LogP contribution in [0.1, 0.15) is 0 Å². The number of aromatic amines is 1. The van der Waals surface area contributed by atoms with Gasteiger partial charge in [-0.05, 0) is 30.3 Å². The summed E-state index contributed by atoms with van der Waals surface area (Å²) in [5.41, 5.74) is 7.24. The smallest absolute Gasteiger partial charge is 0.264 e. The van der Waals surface area contributed by atoms with Gasteiger partial charge in [-0.1, -0.05) is 23.7 Å². The van der Waals surface area contributed by atoms with Gasteiger partial charge in [-0.15, -0.1) is 0 Å². The van der Waals surface area contributed by atoms with Gasteiger partial charge in [0.25, 0.3) is 10.0 Å². The average Bonchev–Trinajstić information content (AvgIpc) is 2.85. The summed E-state index contributed by atoms with van der Waals surface area (Å²) in [4.78, 5) is 3.05. The molecular weight excluding hydrogens is 310 g/mol. The molecule has 1 heterocycles. The Morgan fingerprint density at radius 1 is 1.14 bits per heavy atom. The van der Waals surface area contributed by atoms with Crippen LogP contribution < -0.4 is 10.5 Å². The van der Waals surface area contributed by atoms with E-state index in [1.807, 2.05) is 0 Å². The third-order valence-corrected chi connectivity index (χ3v) is 4.81. The fourth-order valence-electron chi connectivity index (χ4n) is 2.08. The number of fused-ring (bicyclic) bond motifs is 1. The molecule has 0 aliphatic rings. The number of anilines is 2. The van der Waals surface area contributed by atoms with E-state index >= 15 is 0 Å². The highest BCUT2D eigenvalue weighted by molar-refractivity contribution is 7.93. The van der Waals surface area contributed by atoms with Crippen LogP contribution in [0.4, 0.5) is 11.4 Å².